The Morgan fingerprint density at radius 2 is 1.94 bits per heavy atom. The molecule has 0 fully saturated rings. The second-order valence-corrected chi connectivity index (χ2v) is 5.14. The van der Waals surface area contributed by atoms with Gasteiger partial charge in [0.1, 0.15) is 0 Å². The van der Waals surface area contributed by atoms with Crippen molar-refractivity contribution in [3.8, 4) is 0 Å². The summed E-state index contributed by atoms with van der Waals surface area (Å²) in [5.41, 5.74) is 5.49. The molecule has 18 heavy (non-hydrogen) atoms. The van der Waals surface area contributed by atoms with Gasteiger partial charge in [-0.1, -0.05) is 30.3 Å². The Labute approximate surface area is 114 Å². The van der Waals surface area contributed by atoms with E-state index < -0.39 is 5.67 Å². The minimum atomic E-state index is -1.55. The summed E-state index contributed by atoms with van der Waals surface area (Å²) in [7, 11) is 0. The van der Waals surface area contributed by atoms with Gasteiger partial charge in [-0.2, -0.15) is 0 Å². The summed E-state index contributed by atoms with van der Waals surface area (Å²) in [6.45, 7) is -0.0521. The summed E-state index contributed by atoms with van der Waals surface area (Å²) in [4.78, 5) is 4.04. The Morgan fingerprint density at radius 3 is 2.56 bits per heavy atom. The van der Waals surface area contributed by atoms with Crippen molar-refractivity contribution in [1.82, 2.24) is 4.98 Å². The number of alkyl halides is 1. The number of nitrogens with two attached hydrogens (primary N) is 1. The Bertz CT molecular complexity index is 518. The summed E-state index contributed by atoms with van der Waals surface area (Å²) in [6, 6.07) is 10.9. The molecule has 1 unspecified atom stereocenters. The molecular weight excluding hydrogens is 295 g/mol. The van der Waals surface area contributed by atoms with Gasteiger partial charge in [-0.3, -0.25) is 4.98 Å². The largest absolute Gasteiger partial charge is 0.327 e. The molecule has 1 aromatic heterocycles. The normalized spacial score (nSPS) is 14.2. The van der Waals surface area contributed by atoms with Gasteiger partial charge < -0.3 is 5.73 Å². The van der Waals surface area contributed by atoms with Gasteiger partial charge in [0.15, 0.2) is 5.67 Å². The van der Waals surface area contributed by atoms with Crippen molar-refractivity contribution in [2.45, 2.75) is 12.1 Å². The number of hydrogen-bond acceptors (Lipinski definition) is 2. The van der Waals surface area contributed by atoms with Gasteiger partial charge in [-0.25, -0.2) is 4.39 Å². The molecule has 0 amide bonds. The number of nitrogens with zero attached hydrogens (tertiary/aromatic N) is 1. The van der Waals surface area contributed by atoms with E-state index in [1.165, 1.54) is 0 Å². The zero-order valence-electron chi connectivity index (χ0n) is 9.81. The van der Waals surface area contributed by atoms with Crippen LogP contribution in [0.2, 0.25) is 0 Å². The van der Waals surface area contributed by atoms with Crippen LogP contribution in [0.3, 0.4) is 0 Å². The number of halogens is 2. The SMILES string of the molecule is NCC(F)(Cc1cncc(Br)c1)c1ccccc1. The lowest BCUT2D eigenvalue weighted by molar-refractivity contribution is 0.175. The first-order valence-electron chi connectivity index (χ1n) is 5.68. The van der Waals surface area contributed by atoms with Crippen LogP contribution < -0.4 is 5.73 Å². The first kappa shape index (κ1) is 13.2. The highest BCUT2D eigenvalue weighted by atomic mass is 79.9. The van der Waals surface area contributed by atoms with Crippen LogP contribution in [0.5, 0.6) is 0 Å². The third-order valence-corrected chi connectivity index (χ3v) is 3.29. The van der Waals surface area contributed by atoms with E-state index in [1.54, 1.807) is 24.5 Å². The molecule has 0 aliphatic heterocycles. The molecule has 1 aromatic carbocycles. The van der Waals surface area contributed by atoms with Crippen LogP contribution in [0.1, 0.15) is 11.1 Å². The predicted molar refractivity (Wildman–Crippen MR) is 73.9 cm³/mol. The van der Waals surface area contributed by atoms with Gasteiger partial charge in [0.05, 0.1) is 0 Å². The fourth-order valence-corrected chi connectivity index (χ4v) is 2.32. The van der Waals surface area contributed by atoms with Crippen LogP contribution in [0, 0.1) is 0 Å². The fraction of sp³-hybridized carbons (Fsp3) is 0.214. The molecule has 2 rings (SSSR count). The number of aromatic nitrogens is 1. The highest BCUT2D eigenvalue weighted by molar-refractivity contribution is 9.10. The minimum Gasteiger partial charge on any atom is -0.327 e. The second-order valence-electron chi connectivity index (χ2n) is 4.22. The van der Waals surface area contributed by atoms with E-state index in [1.807, 2.05) is 24.3 Å². The van der Waals surface area contributed by atoms with Crippen molar-refractivity contribution in [1.29, 1.82) is 0 Å². The highest BCUT2D eigenvalue weighted by Crippen LogP contribution is 2.29. The number of benzene rings is 1. The summed E-state index contributed by atoms with van der Waals surface area (Å²) < 4.78 is 15.7. The molecule has 0 saturated heterocycles. The monoisotopic (exact) mass is 308 g/mol. The lowest BCUT2D eigenvalue weighted by Crippen LogP contribution is -2.32. The van der Waals surface area contributed by atoms with E-state index >= 15 is 0 Å². The molecule has 0 aliphatic rings. The third-order valence-electron chi connectivity index (χ3n) is 2.86. The van der Waals surface area contributed by atoms with Gasteiger partial charge in [-0.15, -0.1) is 0 Å². The topological polar surface area (TPSA) is 38.9 Å². The molecule has 0 bridgehead atoms. The first-order chi connectivity index (χ1) is 8.64. The van der Waals surface area contributed by atoms with Crippen LogP contribution in [0.15, 0.2) is 53.3 Å². The number of pyridine rings is 1. The molecular formula is C14H14BrFN2. The highest BCUT2D eigenvalue weighted by Gasteiger charge is 2.30. The zero-order chi connectivity index (χ0) is 13.0. The maximum atomic E-state index is 14.9. The van der Waals surface area contributed by atoms with E-state index in [0.29, 0.717) is 5.56 Å². The van der Waals surface area contributed by atoms with Gasteiger partial charge >= 0.3 is 0 Å². The van der Waals surface area contributed by atoms with Crippen LogP contribution in [0.4, 0.5) is 4.39 Å². The van der Waals surface area contributed by atoms with Crippen molar-refractivity contribution in [2.75, 3.05) is 6.54 Å². The maximum absolute atomic E-state index is 14.9. The molecule has 2 aromatic rings. The molecule has 0 radical (unpaired) electrons. The average molecular weight is 309 g/mol. The molecule has 1 atom stereocenters. The number of hydrogen-bond donors (Lipinski definition) is 1. The molecule has 94 valence electrons. The minimum absolute atomic E-state index is 0.0521. The quantitative estimate of drug-likeness (QED) is 0.942. The smallest absolute Gasteiger partial charge is 0.152 e. The van der Waals surface area contributed by atoms with Crippen molar-refractivity contribution in [3.05, 3.63) is 64.4 Å². The van der Waals surface area contributed by atoms with Crippen molar-refractivity contribution in [3.63, 3.8) is 0 Å². The molecule has 0 spiro atoms. The van der Waals surface area contributed by atoms with Gasteiger partial charge in [0.2, 0.25) is 0 Å². The summed E-state index contributed by atoms with van der Waals surface area (Å²) in [6.07, 6.45) is 3.56. The van der Waals surface area contributed by atoms with Crippen molar-refractivity contribution in [2.24, 2.45) is 5.73 Å². The van der Waals surface area contributed by atoms with Gasteiger partial charge in [0, 0.05) is 29.8 Å². The lowest BCUT2D eigenvalue weighted by atomic mass is 9.89. The molecule has 2 N–H and O–H groups in total. The summed E-state index contributed by atoms with van der Waals surface area (Å²) in [5.74, 6) is 0. The van der Waals surface area contributed by atoms with Crippen molar-refractivity contribution < 1.29 is 4.39 Å². The maximum Gasteiger partial charge on any atom is 0.152 e. The second kappa shape index (κ2) is 5.59. The Balaban J connectivity index is 2.29. The zero-order valence-corrected chi connectivity index (χ0v) is 11.4. The molecule has 0 saturated carbocycles. The van der Waals surface area contributed by atoms with Crippen LogP contribution in [0.25, 0.3) is 0 Å². The van der Waals surface area contributed by atoms with Gasteiger partial charge in [0.25, 0.3) is 0 Å². The fourth-order valence-electron chi connectivity index (χ4n) is 1.91. The third kappa shape index (κ3) is 2.94. The molecule has 0 aliphatic carbocycles. The van der Waals surface area contributed by atoms with Crippen LogP contribution in [-0.2, 0) is 12.1 Å². The summed E-state index contributed by atoms with van der Waals surface area (Å²) in [5, 5.41) is 0. The van der Waals surface area contributed by atoms with Gasteiger partial charge in [-0.05, 0) is 33.1 Å². The van der Waals surface area contributed by atoms with E-state index in [2.05, 4.69) is 20.9 Å². The van der Waals surface area contributed by atoms with Crippen LogP contribution >= 0.6 is 15.9 Å². The lowest BCUT2D eigenvalue weighted by Gasteiger charge is -2.24. The average Bonchev–Trinajstić information content (AvgIpc) is 2.39. The predicted octanol–water partition coefficient (Wildman–Crippen LogP) is 3.21. The Morgan fingerprint density at radius 1 is 1.22 bits per heavy atom. The Kier molecular flexibility index (Phi) is 4.09. The van der Waals surface area contributed by atoms with E-state index in [-0.39, 0.29) is 13.0 Å². The summed E-state index contributed by atoms with van der Waals surface area (Å²) >= 11 is 3.33. The number of rotatable bonds is 4. The van der Waals surface area contributed by atoms with Crippen LogP contribution in [-0.4, -0.2) is 11.5 Å². The molecule has 2 nitrogen and oxygen atoms in total. The molecule has 1 heterocycles. The Hall–Kier alpha value is -1.26. The van der Waals surface area contributed by atoms with Crippen molar-refractivity contribution >= 4 is 15.9 Å². The standard InChI is InChI=1S/C14H14BrFN2/c15-13-6-11(8-18-9-13)7-14(16,10-17)12-4-2-1-3-5-12/h1-6,8-9H,7,10,17H2. The van der Waals surface area contributed by atoms with E-state index in [4.69, 9.17) is 5.73 Å². The van der Waals surface area contributed by atoms with E-state index in [9.17, 15) is 4.39 Å². The van der Waals surface area contributed by atoms with E-state index in [0.717, 1.165) is 10.0 Å². The first-order valence-corrected chi connectivity index (χ1v) is 6.47. The molecule has 4 heteroatoms.